The van der Waals surface area contributed by atoms with E-state index in [-0.39, 0.29) is 24.8 Å². The van der Waals surface area contributed by atoms with Gasteiger partial charge in [-0.1, -0.05) is 46.0 Å². The largest absolute Gasteiger partial charge is 0.466 e. The molecule has 0 aromatic carbocycles. The summed E-state index contributed by atoms with van der Waals surface area (Å²) in [7, 11) is 0. The lowest BCUT2D eigenvalue weighted by molar-refractivity contribution is -0.151. The zero-order valence-electron chi connectivity index (χ0n) is 16.3. The number of carbonyl (C=O) groups excluding carboxylic acids is 3. The summed E-state index contributed by atoms with van der Waals surface area (Å²) in [5, 5.41) is 5.88. The molecule has 0 aromatic rings. The van der Waals surface area contributed by atoms with Gasteiger partial charge in [-0.15, -0.1) is 0 Å². The lowest BCUT2D eigenvalue weighted by Crippen LogP contribution is -2.59. The number of rotatable bonds is 13. The van der Waals surface area contributed by atoms with Crippen LogP contribution in [0.2, 0.25) is 0 Å². The number of hydrogen-bond acceptors (Lipinski definition) is 5. The Morgan fingerprint density at radius 1 is 1.15 bits per heavy atom. The molecular weight excluding hydrogens is 334 g/mol. The first-order valence-corrected chi connectivity index (χ1v) is 10.0. The van der Waals surface area contributed by atoms with Crippen LogP contribution in [0.3, 0.4) is 0 Å². The number of ether oxygens (including phenoxy) is 1. The number of amides is 2. The van der Waals surface area contributed by atoms with E-state index in [0.29, 0.717) is 19.7 Å². The Labute approximate surface area is 157 Å². The third kappa shape index (κ3) is 8.65. The average Bonchev–Trinajstić information content (AvgIpc) is 2.62. The molecule has 1 saturated heterocycles. The SMILES string of the molecule is CCCCCCCNCC(=O)N1CCNC(=O)C1CC(=O)OCCCC. The number of piperazine rings is 1. The van der Waals surface area contributed by atoms with Gasteiger partial charge in [-0.25, -0.2) is 0 Å². The highest BCUT2D eigenvalue weighted by molar-refractivity contribution is 5.92. The second-order valence-electron chi connectivity index (χ2n) is 6.76. The zero-order valence-corrected chi connectivity index (χ0v) is 16.3. The van der Waals surface area contributed by atoms with Crippen LogP contribution in [0.4, 0.5) is 0 Å². The lowest BCUT2D eigenvalue weighted by atomic mass is 10.1. The van der Waals surface area contributed by atoms with E-state index in [0.717, 1.165) is 32.2 Å². The Hall–Kier alpha value is -1.63. The first-order valence-electron chi connectivity index (χ1n) is 10.0. The zero-order chi connectivity index (χ0) is 19.2. The monoisotopic (exact) mass is 369 g/mol. The third-order valence-electron chi connectivity index (χ3n) is 4.51. The Balaban J connectivity index is 2.38. The molecular formula is C19H35N3O4. The molecule has 2 amide bonds. The minimum atomic E-state index is -0.767. The summed E-state index contributed by atoms with van der Waals surface area (Å²) in [6.45, 7) is 6.39. The molecule has 1 aliphatic heterocycles. The maximum absolute atomic E-state index is 12.5. The second kappa shape index (κ2) is 13.6. The summed E-state index contributed by atoms with van der Waals surface area (Å²) in [6.07, 6.45) is 7.54. The van der Waals surface area contributed by atoms with E-state index in [1.807, 2.05) is 6.92 Å². The first kappa shape index (κ1) is 22.4. The number of unbranched alkanes of at least 4 members (excludes halogenated alkanes) is 5. The van der Waals surface area contributed by atoms with E-state index < -0.39 is 12.0 Å². The average molecular weight is 370 g/mol. The molecule has 1 unspecified atom stereocenters. The fourth-order valence-corrected chi connectivity index (χ4v) is 2.91. The van der Waals surface area contributed by atoms with Crippen molar-refractivity contribution in [1.29, 1.82) is 0 Å². The van der Waals surface area contributed by atoms with Crippen molar-refractivity contribution in [2.24, 2.45) is 0 Å². The van der Waals surface area contributed by atoms with E-state index in [1.165, 1.54) is 24.2 Å². The molecule has 0 aliphatic carbocycles. The third-order valence-corrected chi connectivity index (χ3v) is 4.51. The van der Waals surface area contributed by atoms with Gasteiger partial charge in [0.05, 0.1) is 19.6 Å². The van der Waals surface area contributed by atoms with E-state index in [1.54, 1.807) is 0 Å². The lowest BCUT2D eigenvalue weighted by Gasteiger charge is -2.34. The van der Waals surface area contributed by atoms with Crippen molar-refractivity contribution in [1.82, 2.24) is 15.5 Å². The van der Waals surface area contributed by atoms with E-state index in [9.17, 15) is 14.4 Å². The van der Waals surface area contributed by atoms with Crippen molar-refractivity contribution in [3.8, 4) is 0 Å². The Morgan fingerprint density at radius 3 is 2.62 bits per heavy atom. The molecule has 7 heteroatoms. The standard InChI is InChI=1S/C19H35N3O4/c1-3-5-7-8-9-10-20-15-17(23)22-12-11-21-19(25)16(22)14-18(24)26-13-6-4-2/h16,20H,3-15H2,1-2H3,(H,21,25). The van der Waals surface area contributed by atoms with E-state index >= 15 is 0 Å². The Morgan fingerprint density at radius 2 is 1.88 bits per heavy atom. The van der Waals surface area contributed by atoms with Crippen LogP contribution in [0.5, 0.6) is 0 Å². The normalized spacial score (nSPS) is 17.1. The number of esters is 1. The summed E-state index contributed by atoms with van der Waals surface area (Å²) in [5.74, 6) is -0.849. The van der Waals surface area contributed by atoms with Crippen LogP contribution in [0, 0.1) is 0 Å². The number of nitrogens with one attached hydrogen (secondary N) is 2. The van der Waals surface area contributed by atoms with E-state index in [2.05, 4.69) is 17.6 Å². The maximum Gasteiger partial charge on any atom is 0.308 e. The summed E-state index contributed by atoms with van der Waals surface area (Å²) in [4.78, 5) is 38.0. The van der Waals surface area contributed by atoms with Crippen LogP contribution >= 0.6 is 0 Å². The molecule has 0 radical (unpaired) electrons. The smallest absolute Gasteiger partial charge is 0.308 e. The van der Waals surface area contributed by atoms with Crippen LogP contribution in [-0.2, 0) is 19.1 Å². The minimum Gasteiger partial charge on any atom is -0.466 e. The molecule has 150 valence electrons. The maximum atomic E-state index is 12.5. The van der Waals surface area contributed by atoms with Gasteiger partial charge in [0.1, 0.15) is 6.04 Å². The quantitative estimate of drug-likeness (QED) is 0.380. The van der Waals surface area contributed by atoms with Gasteiger partial charge >= 0.3 is 5.97 Å². The molecule has 1 aliphatic rings. The van der Waals surface area contributed by atoms with Crippen LogP contribution in [0.1, 0.15) is 65.2 Å². The summed E-state index contributed by atoms with van der Waals surface area (Å²) < 4.78 is 5.13. The predicted molar refractivity (Wildman–Crippen MR) is 101 cm³/mol. The fraction of sp³-hybridized carbons (Fsp3) is 0.842. The van der Waals surface area contributed by atoms with Crippen LogP contribution in [-0.4, -0.2) is 61.5 Å². The second-order valence-corrected chi connectivity index (χ2v) is 6.76. The van der Waals surface area contributed by atoms with Gasteiger partial charge in [0.15, 0.2) is 0 Å². The van der Waals surface area contributed by atoms with Crippen LogP contribution in [0.25, 0.3) is 0 Å². The molecule has 0 aromatic heterocycles. The number of hydrogen-bond donors (Lipinski definition) is 2. The summed E-state index contributed by atoms with van der Waals surface area (Å²) >= 11 is 0. The predicted octanol–water partition coefficient (Wildman–Crippen LogP) is 1.61. The molecule has 1 atom stereocenters. The van der Waals surface area contributed by atoms with E-state index in [4.69, 9.17) is 4.74 Å². The molecule has 0 spiro atoms. The van der Waals surface area contributed by atoms with Crippen LogP contribution in [0.15, 0.2) is 0 Å². The Bertz CT molecular complexity index is 443. The number of nitrogens with zero attached hydrogens (tertiary/aromatic N) is 1. The highest BCUT2D eigenvalue weighted by Crippen LogP contribution is 2.11. The van der Waals surface area contributed by atoms with Gasteiger partial charge in [0.2, 0.25) is 11.8 Å². The summed E-state index contributed by atoms with van der Waals surface area (Å²) in [6, 6.07) is -0.767. The topological polar surface area (TPSA) is 87.7 Å². The van der Waals surface area contributed by atoms with Crippen molar-refractivity contribution >= 4 is 17.8 Å². The number of carbonyl (C=O) groups is 3. The molecule has 1 fully saturated rings. The molecule has 26 heavy (non-hydrogen) atoms. The van der Waals surface area contributed by atoms with Gasteiger partial charge in [0.25, 0.3) is 0 Å². The molecule has 0 bridgehead atoms. The van der Waals surface area contributed by atoms with Crippen LogP contribution < -0.4 is 10.6 Å². The van der Waals surface area contributed by atoms with Gasteiger partial charge in [-0.2, -0.15) is 0 Å². The summed E-state index contributed by atoms with van der Waals surface area (Å²) in [5.41, 5.74) is 0. The minimum absolute atomic E-state index is 0.0850. The molecule has 0 saturated carbocycles. The molecule has 1 heterocycles. The molecule has 7 nitrogen and oxygen atoms in total. The van der Waals surface area contributed by atoms with Crippen molar-refractivity contribution < 1.29 is 19.1 Å². The van der Waals surface area contributed by atoms with Gasteiger partial charge in [-0.05, 0) is 19.4 Å². The van der Waals surface area contributed by atoms with Gasteiger partial charge in [-0.3, -0.25) is 14.4 Å². The van der Waals surface area contributed by atoms with Crippen molar-refractivity contribution in [3.63, 3.8) is 0 Å². The highest BCUT2D eigenvalue weighted by atomic mass is 16.5. The molecule has 2 N–H and O–H groups in total. The van der Waals surface area contributed by atoms with Gasteiger partial charge < -0.3 is 20.3 Å². The Kier molecular flexibility index (Phi) is 11.7. The van der Waals surface area contributed by atoms with Gasteiger partial charge in [0, 0.05) is 13.1 Å². The molecule has 1 rings (SSSR count). The van der Waals surface area contributed by atoms with Crippen molar-refractivity contribution in [3.05, 3.63) is 0 Å². The first-order chi connectivity index (χ1) is 12.6. The van der Waals surface area contributed by atoms with Crippen molar-refractivity contribution in [2.45, 2.75) is 71.3 Å². The highest BCUT2D eigenvalue weighted by Gasteiger charge is 2.34. The van der Waals surface area contributed by atoms with Crippen molar-refractivity contribution in [2.75, 3.05) is 32.8 Å². The fourth-order valence-electron chi connectivity index (χ4n) is 2.91.